The first-order valence-electron chi connectivity index (χ1n) is 5.23. The van der Waals surface area contributed by atoms with E-state index >= 15 is 0 Å². The lowest BCUT2D eigenvalue weighted by Crippen LogP contribution is -2.45. The van der Waals surface area contributed by atoms with Gasteiger partial charge >= 0.3 is 0 Å². The van der Waals surface area contributed by atoms with E-state index in [9.17, 15) is 5.11 Å². The van der Waals surface area contributed by atoms with Gasteiger partial charge in [-0.3, -0.25) is 4.90 Å². The summed E-state index contributed by atoms with van der Waals surface area (Å²) in [6.45, 7) is 4.13. The molecule has 0 bridgehead atoms. The third-order valence-corrected chi connectivity index (χ3v) is 2.90. The van der Waals surface area contributed by atoms with Crippen molar-refractivity contribution >= 4 is 0 Å². The summed E-state index contributed by atoms with van der Waals surface area (Å²) in [6, 6.07) is 0. The molecule has 1 aliphatic rings. The fraction of sp³-hybridized carbons (Fsp3) is 1.00. The van der Waals surface area contributed by atoms with Crippen molar-refractivity contribution in [3.63, 3.8) is 0 Å². The highest BCUT2D eigenvalue weighted by Gasteiger charge is 2.35. The van der Waals surface area contributed by atoms with E-state index in [1.165, 1.54) is 0 Å². The van der Waals surface area contributed by atoms with Crippen LogP contribution < -0.4 is 5.73 Å². The van der Waals surface area contributed by atoms with Gasteiger partial charge in [0.2, 0.25) is 0 Å². The second-order valence-corrected chi connectivity index (χ2v) is 4.44. The number of hydrogen-bond donors (Lipinski definition) is 2. The smallest absolute Gasteiger partial charge is 0.0971 e. The Morgan fingerprint density at radius 3 is 2.13 bits per heavy atom. The zero-order valence-electron chi connectivity index (χ0n) is 9.77. The van der Waals surface area contributed by atoms with E-state index in [0.29, 0.717) is 6.54 Å². The molecular weight excluding hydrogens is 196 g/mol. The van der Waals surface area contributed by atoms with Gasteiger partial charge in [-0.15, -0.1) is 0 Å². The molecule has 3 atom stereocenters. The van der Waals surface area contributed by atoms with Crippen molar-refractivity contribution in [2.24, 2.45) is 5.73 Å². The zero-order valence-corrected chi connectivity index (χ0v) is 9.77. The first-order chi connectivity index (χ1) is 7.02. The average Bonchev–Trinajstić information content (AvgIpc) is 2.59. The maximum absolute atomic E-state index is 9.85. The Bertz CT molecular complexity index is 187. The molecule has 5 nitrogen and oxygen atoms in total. The summed E-state index contributed by atoms with van der Waals surface area (Å²) in [5, 5.41) is 9.85. The highest BCUT2D eigenvalue weighted by atomic mass is 16.5. The molecule has 90 valence electrons. The monoisotopic (exact) mass is 218 g/mol. The van der Waals surface area contributed by atoms with Crippen LogP contribution in [0.2, 0.25) is 0 Å². The number of likely N-dealkylation sites (tertiary alicyclic amines) is 1. The largest absolute Gasteiger partial charge is 0.388 e. The van der Waals surface area contributed by atoms with Crippen LogP contribution in [0.5, 0.6) is 0 Å². The van der Waals surface area contributed by atoms with Crippen LogP contribution in [0.3, 0.4) is 0 Å². The van der Waals surface area contributed by atoms with Gasteiger partial charge in [-0.1, -0.05) is 0 Å². The molecule has 0 radical (unpaired) electrons. The van der Waals surface area contributed by atoms with Crippen molar-refractivity contribution in [2.45, 2.75) is 24.7 Å². The molecule has 1 aliphatic heterocycles. The Hall–Kier alpha value is -0.200. The van der Waals surface area contributed by atoms with Gasteiger partial charge in [0.25, 0.3) is 0 Å². The molecule has 0 amide bonds. The maximum atomic E-state index is 9.85. The molecule has 0 spiro atoms. The number of hydrogen-bond acceptors (Lipinski definition) is 5. The molecule has 1 rings (SSSR count). The molecular formula is C10H22N2O3. The van der Waals surface area contributed by atoms with Gasteiger partial charge in [0, 0.05) is 40.4 Å². The van der Waals surface area contributed by atoms with E-state index in [-0.39, 0.29) is 18.8 Å². The summed E-state index contributed by atoms with van der Waals surface area (Å²) in [5.74, 6) is 0. The second kappa shape index (κ2) is 5.23. The van der Waals surface area contributed by atoms with Crippen LogP contribution in [0.25, 0.3) is 0 Å². The molecule has 1 fully saturated rings. The lowest BCUT2D eigenvalue weighted by molar-refractivity contribution is -0.00461. The topological polar surface area (TPSA) is 68.0 Å². The average molecular weight is 218 g/mol. The Kier molecular flexibility index (Phi) is 4.48. The summed E-state index contributed by atoms with van der Waals surface area (Å²) in [7, 11) is 3.36. The number of ether oxygens (including phenoxy) is 2. The van der Waals surface area contributed by atoms with Gasteiger partial charge in [-0.25, -0.2) is 0 Å². The Morgan fingerprint density at radius 1 is 1.33 bits per heavy atom. The molecule has 0 aromatic carbocycles. The molecule has 1 saturated heterocycles. The van der Waals surface area contributed by atoms with Crippen molar-refractivity contribution in [3.8, 4) is 0 Å². The van der Waals surface area contributed by atoms with E-state index in [2.05, 4.69) is 4.90 Å². The summed E-state index contributed by atoms with van der Waals surface area (Å²) < 4.78 is 10.6. The van der Waals surface area contributed by atoms with Gasteiger partial charge in [-0.05, 0) is 6.92 Å². The van der Waals surface area contributed by atoms with Crippen molar-refractivity contribution in [3.05, 3.63) is 0 Å². The highest BCUT2D eigenvalue weighted by Crippen LogP contribution is 2.17. The standard InChI is InChI=1S/C10H22N2O3/c1-10(13,6-11)7-12-4-8(14-2)9(5-12)15-3/h8-9,13H,4-7,11H2,1-3H3. The SMILES string of the molecule is COC1CN(CC(C)(O)CN)CC1OC. The van der Waals surface area contributed by atoms with Gasteiger partial charge in [0.15, 0.2) is 0 Å². The third-order valence-electron chi connectivity index (χ3n) is 2.90. The molecule has 5 heteroatoms. The molecule has 1 heterocycles. The minimum Gasteiger partial charge on any atom is -0.388 e. The quantitative estimate of drug-likeness (QED) is 0.622. The van der Waals surface area contributed by atoms with Gasteiger partial charge in [0.05, 0.1) is 17.8 Å². The van der Waals surface area contributed by atoms with Gasteiger partial charge in [-0.2, -0.15) is 0 Å². The van der Waals surface area contributed by atoms with E-state index in [1.54, 1.807) is 21.1 Å². The van der Waals surface area contributed by atoms with Crippen LogP contribution in [-0.4, -0.2) is 68.2 Å². The molecule has 0 saturated carbocycles. The molecule has 3 unspecified atom stereocenters. The van der Waals surface area contributed by atoms with E-state index < -0.39 is 5.60 Å². The van der Waals surface area contributed by atoms with Crippen molar-refractivity contribution in [2.75, 3.05) is 40.4 Å². The highest BCUT2D eigenvalue weighted by molar-refractivity contribution is 4.89. The summed E-state index contributed by atoms with van der Waals surface area (Å²) >= 11 is 0. The van der Waals surface area contributed by atoms with Gasteiger partial charge in [0.1, 0.15) is 0 Å². The first kappa shape index (κ1) is 12.9. The normalized spacial score (nSPS) is 31.8. The lowest BCUT2D eigenvalue weighted by Gasteiger charge is -2.27. The molecule has 0 aliphatic carbocycles. The number of β-amino-alcohol motifs (C(OH)–C–C–N with tert-alkyl or cyclic N) is 1. The van der Waals surface area contributed by atoms with Crippen LogP contribution in [0.4, 0.5) is 0 Å². The number of nitrogens with two attached hydrogens (primary N) is 1. The summed E-state index contributed by atoms with van der Waals surface area (Å²) in [5.41, 5.74) is 4.65. The van der Waals surface area contributed by atoms with E-state index in [0.717, 1.165) is 13.1 Å². The van der Waals surface area contributed by atoms with Crippen LogP contribution in [0.1, 0.15) is 6.92 Å². The predicted octanol–water partition coefficient (Wildman–Crippen LogP) is -0.958. The number of rotatable bonds is 5. The Balaban J connectivity index is 2.47. The minimum absolute atomic E-state index is 0.0866. The minimum atomic E-state index is -0.832. The maximum Gasteiger partial charge on any atom is 0.0971 e. The summed E-state index contributed by atoms with van der Waals surface area (Å²) in [6.07, 6.45) is 0.173. The van der Waals surface area contributed by atoms with Gasteiger partial charge < -0.3 is 20.3 Å². The Labute approximate surface area is 91.1 Å². The fourth-order valence-electron chi connectivity index (χ4n) is 1.95. The van der Waals surface area contributed by atoms with Crippen molar-refractivity contribution < 1.29 is 14.6 Å². The van der Waals surface area contributed by atoms with E-state index in [1.807, 2.05) is 0 Å². The summed E-state index contributed by atoms with van der Waals surface area (Å²) in [4.78, 5) is 2.12. The predicted molar refractivity (Wildman–Crippen MR) is 57.7 cm³/mol. The molecule has 3 N–H and O–H groups in total. The second-order valence-electron chi connectivity index (χ2n) is 4.44. The number of methoxy groups -OCH3 is 2. The third kappa shape index (κ3) is 3.39. The fourth-order valence-corrected chi connectivity index (χ4v) is 1.95. The number of nitrogens with zero attached hydrogens (tertiary/aromatic N) is 1. The Morgan fingerprint density at radius 2 is 1.80 bits per heavy atom. The van der Waals surface area contributed by atoms with Crippen LogP contribution >= 0.6 is 0 Å². The molecule has 0 aromatic heterocycles. The zero-order chi connectivity index (χ0) is 11.5. The van der Waals surface area contributed by atoms with E-state index in [4.69, 9.17) is 15.2 Å². The molecule has 0 aromatic rings. The lowest BCUT2D eigenvalue weighted by atomic mass is 10.1. The van der Waals surface area contributed by atoms with Crippen LogP contribution in [0.15, 0.2) is 0 Å². The first-order valence-corrected chi connectivity index (χ1v) is 5.23. The number of aliphatic hydroxyl groups is 1. The van der Waals surface area contributed by atoms with Crippen molar-refractivity contribution in [1.29, 1.82) is 0 Å². The van der Waals surface area contributed by atoms with Crippen LogP contribution in [-0.2, 0) is 9.47 Å². The molecule has 15 heavy (non-hydrogen) atoms. The van der Waals surface area contributed by atoms with Crippen LogP contribution in [0, 0.1) is 0 Å². The van der Waals surface area contributed by atoms with Crippen molar-refractivity contribution in [1.82, 2.24) is 4.90 Å².